The van der Waals surface area contributed by atoms with E-state index in [1.54, 1.807) is 19.1 Å². The van der Waals surface area contributed by atoms with Crippen LogP contribution in [0.2, 0.25) is 0 Å². The van der Waals surface area contributed by atoms with E-state index in [4.69, 9.17) is 4.98 Å². The average Bonchev–Trinajstić information content (AvgIpc) is 3.43. The fraction of sp³-hybridized carbons (Fsp3) is 0.475. The van der Waals surface area contributed by atoms with Crippen LogP contribution >= 0.6 is 0 Å². The van der Waals surface area contributed by atoms with Crippen LogP contribution in [-0.2, 0) is 7.05 Å². The zero-order valence-corrected chi connectivity index (χ0v) is 31.6. The van der Waals surface area contributed by atoms with Crippen molar-refractivity contribution in [2.45, 2.75) is 108 Å². The number of hydrogen-bond donors (Lipinski definition) is 0. The molecule has 1 unspecified atom stereocenters. The zero-order chi connectivity index (χ0) is 37.0. The lowest BCUT2D eigenvalue weighted by atomic mass is 10.1. The number of fused-ring (bicyclic) bond motifs is 1. The lowest BCUT2D eigenvalue weighted by Gasteiger charge is -2.22. The average molecular weight is 669 g/mol. The minimum Gasteiger partial charge on any atom is -0.339 e. The molecule has 0 aliphatic carbocycles. The smallest absolute Gasteiger partial charge is 0.253 e. The van der Waals surface area contributed by atoms with Gasteiger partial charge in [0, 0.05) is 37.5 Å². The van der Waals surface area contributed by atoms with E-state index in [-0.39, 0.29) is 23.3 Å². The van der Waals surface area contributed by atoms with Crippen molar-refractivity contribution >= 4 is 28.3 Å². The molecular formula is C40H59F3N4O. The largest absolute Gasteiger partial charge is 0.339 e. The summed E-state index contributed by atoms with van der Waals surface area (Å²) in [6.45, 7) is 25.0. The molecule has 1 heterocycles. The molecule has 0 saturated heterocycles. The third-order valence-corrected chi connectivity index (χ3v) is 7.26. The molecule has 3 aromatic carbocycles. The van der Waals surface area contributed by atoms with Crippen molar-refractivity contribution in [3.8, 4) is 0 Å². The number of carbonyl (C=O) groups excluding carboxylic acids is 1. The Bertz CT molecular complexity index is 1500. The molecule has 0 aliphatic rings. The normalized spacial score (nSPS) is 11.0. The SMILES string of the molecule is CC.CC.CC.CCCCN(CCC)C(=O)c1ccc2nc(C(C)C(C)=Nc3c(C)cc(F)cc3F)n(C)c2c1.Cc1ccc(F)cc1. The second-order valence-electron chi connectivity index (χ2n) is 10.7. The number of aliphatic imine (C=N–C) groups is 1. The van der Waals surface area contributed by atoms with Crippen LogP contribution in [0.4, 0.5) is 18.9 Å². The summed E-state index contributed by atoms with van der Waals surface area (Å²) in [7, 11) is 1.91. The molecule has 1 atom stereocenters. The molecule has 48 heavy (non-hydrogen) atoms. The van der Waals surface area contributed by atoms with Crippen molar-refractivity contribution < 1.29 is 18.0 Å². The van der Waals surface area contributed by atoms with Crippen LogP contribution in [0.3, 0.4) is 0 Å². The summed E-state index contributed by atoms with van der Waals surface area (Å²) in [4.78, 5) is 24.3. The Morgan fingerprint density at radius 2 is 1.46 bits per heavy atom. The molecule has 0 spiro atoms. The monoisotopic (exact) mass is 668 g/mol. The minimum atomic E-state index is -0.683. The Hall–Kier alpha value is -3.94. The van der Waals surface area contributed by atoms with Gasteiger partial charge >= 0.3 is 0 Å². The van der Waals surface area contributed by atoms with Crippen molar-refractivity contribution in [1.29, 1.82) is 0 Å². The molecule has 0 radical (unpaired) electrons. The molecule has 4 rings (SSSR count). The van der Waals surface area contributed by atoms with Crippen LogP contribution in [0.15, 0.2) is 59.6 Å². The van der Waals surface area contributed by atoms with Gasteiger partial charge in [-0.1, -0.05) is 86.4 Å². The van der Waals surface area contributed by atoms with Crippen LogP contribution in [0.1, 0.15) is 122 Å². The predicted octanol–water partition coefficient (Wildman–Crippen LogP) is 11.9. The maximum Gasteiger partial charge on any atom is 0.253 e. The lowest BCUT2D eigenvalue weighted by molar-refractivity contribution is 0.0753. The molecule has 1 aromatic heterocycles. The third kappa shape index (κ3) is 12.9. The van der Waals surface area contributed by atoms with Gasteiger partial charge in [0.2, 0.25) is 0 Å². The molecule has 1 amide bonds. The summed E-state index contributed by atoms with van der Waals surface area (Å²) in [6.07, 6.45) is 2.93. The summed E-state index contributed by atoms with van der Waals surface area (Å²) in [5.74, 6) is -0.882. The topological polar surface area (TPSA) is 50.5 Å². The first-order chi connectivity index (χ1) is 23.0. The number of amides is 1. The third-order valence-electron chi connectivity index (χ3n) is 7.26. The molecule has 5 nitrogen and oxygen atoms in total. The van der Waals surface area contributed by atoms with Crippen molar-refractivity contribution in [2.24, 2.45) is 12.0 Å². The number of aromatic nitrogens is 2. The van der Waals surface area contributed by atoms with Gasteiger partial charge in [-0.2, -0.15) is 0 Å². The van der Waals surface area contributed by atoms with Gasteiger partial charge in [0.05, 0.1) is 17.0 Å². The molecule has 8 heteroatoms. The Morgan fingerprint density at radius 1 is 0.854 bits per heavy atom. The number of imidazole rings is 1. The van der Waals surface area contributed by atoms with E-state index in [0.29, 0.717) is 16.8 Å². The Balaban J connectivity index is 0.00000133. The van der Waals surface area contributed by atoms with E-state index < -0.39 is 11.6 Å². The second kappa shape index (κ2) is 23.4. The van der Waals surface area contributed by atoms with Gasteiger partial charge in [-0.05, 0) is 75.6 Å². The van der Waals surface area contributed by atoms with Crippen LogP contribution in [-0.4, -0.2) is 39.2 Å². The highest BCUT2D eigenvalue weighted by Gasteiger charge is 2.21. The maximum absolute atomic E-state index is 14.3. The highest BCUT2D eigenvalue weighted by molar-refractivity contribution is 5.98. The Morgan fingerprint density at radius 3 is 1.98 bits per heavy atom. The summed E-state index contributed by atoms with van der Waals surface area (Å²) in [5.41, 5.74) is 4.62. The fourth-order valence-corrected chi connectivity index (χ4v) is 4.67. The molecular weight excluding hydrogens is 609 g/mol. The number of carbonyl (C=O) groups is 1. The second-order valence-corrected chi connectivity index (χ2v) is 10.7. The van der Waals surface area contributed by atoms with E-state index >= 15 is 0 Å². The molecule has 0 saturated carbocycles. The fourth-order valence-electron chi connectivity index (χ4n) is 4.67. The van der Waals surface area contributed by atoms with E-state index in [1.165, 1.54) is 18.2 Å². The van der Waals surface area contributed by atoms with Gasteiger partial charge in [-0.25, -0.2) is 18.2 Å². The summed E-state index contributed by atoms with van der Waals surface area (Å²) in [5, 5.41) is 0. The van der Waals surface area contributed by atoms with Gasteiger partial charge in [0.15, 0.2) is 5.82 Å². The Labute approximate surface area is 288 Å². The van der Waals surface area contributed by atoms with Gasteiger partial charge in [-0.15, -0.1) is 0 Å². The molecule has 0 bridgehead atoms. The highest BCUT2D eigenvalue weighted by atomic mass is 19.1. The van der Waals surface area contributed by atoms with E-state index in [2.05, 4.69) is 18.8 Å². The van der Waals surface area contributed by atoms with Crippen molar-refractivity contribution in [3.05, 3.63) is 94.6 Å². The highest BCUT2D eigenvalue weighted by Crippen LogP contribution is 2.28. The van der Waals surface area contributed by atoms with E-state index in [0.717, 1.165) is 60.8 Å². The van der Waals surface area contributed by atoms with Crippen LogP contribution in [0.25, 0.3) is 11.0 Å². The standard InChI is InChI=1S/C27H34F2N4O.C7H7F.3C2H6/c1-7-9-13-33(12-8-2)27(34)20-10-11-23-24(15-20)32(6)26(31-23)18(4)19(5)30-25-17(3)14-21(28)16-22(25)29;1-6-2-4-7(8)5-3-6;3*1-2/h10-11,14-16,18H,7-9,12-13H2,1-6H3;2-5H,1H3;3*1-2H3. The molecule has 4 aromatic rings. The maximum atomic E-state index is 14.3. The number of benzene rings is 3. The van der Waals surface area contributed by atoms with Crippen LogP contribution < -0.4 is 0 Å². The number of nitrogens with zero attached hydrogens (tertiary/aromatic N) is 4. The summed E-state index contributed by atoms with van der Waals surface area (Å²) >= 11 is 0. The van der Waals surface area contributed by atoms with Crippen molar-refractivity contribution in [3.63, 3.8) is 0 Å². The number of rotatable bonds is 9. The number of hydrogen-bond acceptors (Lipinski definition) is 3. The first kappa shape index (κ1) is 44.1. The summed E-state index contributed by atoms with van der Waals surface area (Å²) in [6, 6.07) is 14.1. The first-order valence-corrected chi connectivity index (χ1v) is 17.4. The molecule has 0 aliphatic heterocycles. The number of halogens is 3. The predicted molar refractivity (Wildman–Crippen MR) is 199 cm³/mol. The number of aryl methyl sites for hydroxylation is 3. The minimum absolute atomic E-state index is 0.0352. The van der Waals surface area contributed by atoms with Gasteiger partial charge < -0.3 is 9.47 Å². The first-order valence-electron chi connectivity index (χ1n) is 17.4. The Kier molecular flexibility index (Phi) is 21.5. The quantitative estimate of drug-likeness (QED) is 0.167. The molecule has 0 fully saturated rings. The zero-order valence-electron chi connectivity index (χ0n) is 31.6. The van der Waals surface area contributed by atoms with Crippen molar-refractivity contribution in [2.75, 3.05) is 13.1 Å². The molecule has 0 N–H and O–H groups in total. The van der Waals surface area contributed by atoms with Crippen molar-refractivity contribution in [1.82, 2.24) is 14.5 Å². The van der Waals surface area contributed by atoms with E-state index in [9.17, 15) is 18.0 Å². The summed E-state index contributed by atoms with van der Waals surface area (Å²) < 4.78 is 41.8. The van der Waals surface area contributed by atoms with Gasteiger partial charge in [-0.3, -0.25) is 9.79 Å². The van der Waals surface area contributed by atoms with Crippen LogP contribution in [0, 0.1) is 31.3 Å². The number of unbranched alkanes of at least 4 members (excludes halogenated alkanes) is 1. The van der Waals surface area contributed by atoms with Gasteiger partial charge in [0.1, 0.15) is 23.1 Å². The van der Waals surface area contributed by atoms with E-state index in [1.807, 2.05) is 97.0 Å². The lowest BCUT2D eigenvalue weighted by Crippen LogP contribution is -2.32. The van der Waals surface area contributed by atoms with Gasteiger partial charge in [0.25, 0.3) is 5.91 Å². The van der Waals surface area contributed by atoms with Crippen LogP contribution in [0.5, 0.6) is 0 Å². The molecule has 266 valence electrons.